The van der Waals surface area contributed by atoms with Crippen LogP contribution in [-0.4, -0.2) is 23.3 Å². The van der Waals surface area contributed by atoms with Gasteiger partial charge in [-0.1, -0.05) is 6.92 Å². The van der Waals surface area contributed by atoms with Gasteiger partial charge in [0.25, 0.3) is 5.56 Å². The highest BCUT2D eigenvalue weighted by atomic mass is 16.1. The number of fused-ring (bicyclic) bond motifs is 1. The SMILES string of the molecule is CCC1CC(NC)Cc2cc(=O)[nH]nc21. The molecule has 0 spiro atoms. The summed E-state index contributed by atoms with van der Waals surface area (Å²) in [5.74, 6) is 0.475. The Labute approximate surface area is 89.1 Å². The van der Waals surface area contributed by atoms with Crippen molar-refractivity contribution < 1.29 is 0 Å². The van der Waals surface area contributed by atoms with Gasteiger partial charge in [0.2, 0.25) is 0 Å². The van der Waals surface area contributed by atoms with Crippen LogP contribution in [0, 0.1) is 0 Å². The van der Waals surface area contributed by atoms with Crippen LogP contribution in [-0.2, 0) is 6.42 Å². The quantitative estimate of drug-likeness (QED) is 0.754. The minimum absolute atomic E-state index is 0.0969. The predicted molar refractivity (Wildman–Crippen MR) is 59.1 cm³/mol. The molecule has 2 unspecified atom stereocenters. The molecule has 1 aliphatic carbocycles. The zero-order valence-electron chi connectivity index (χ0n) is 9.21. The third-order valence-electron chi connectivity index (χ3n) is 3.24. The number of rotatable bonds is 2. The molecule has 1 heterocycles. The normalized spacial score (nSPS) is 24.9. The van der Waals surface area contributed by atoms with E-state index in [1.165, 1.54) is 0 Å². The topological polar surface area (TPSA) is 57.8 Å². The van der Waals surface area contributed by atoms with Gasteiger partial charge in [-0.15, -0.1) is 0 Å². The van der Waals surface area contributed by atoms with E-state index in [0.717, 1.165) is 30.5 Å². The Bertz CT molecular complexity index is 399. The lowest BCUT2D eigenvalue weighted by Gasteiger charge is -2.29. The molecule has 2 rings (SSSR count). The fraction of sp³-hybridized carbons (Fsp3) is 0.636. The number of hydrogen-bond donors (Lipinski definition) is 2. The standard InChI is InChI=1S/C11H17N3O/c1-3-7-4-9(12-2)5-8-6-10(15)13-14-11(7)8/h6-7,9,12H,3-5H2,1-2H3,(H,13,15). The van der Waals surface area contributed by atoms with Crippen LogP contribution in [0.5, 0.6) is 0 Å². The Morgan fingerprint density at radius 3 is 3.13 bits per heavy atom. The van der Waals surface area contributed by atoms with E-state index in [-0.39, 0.29) is 5.56 Å². The lowest BCUT2D eigenvalue weighted by Crippen LogP contribution is -2.35. The zero-order chi connectivity index (χ0) is 10.8. The van der Waals surface area contributed by atoms with Crippen LogP contribution < -0.4 is 10.9 Å². The van der Waals surface area contributed by atoms with Crippen LogP contribution in [0.2, 0.25) is 0 Å². The second-order valence-corrected chi connectivity index (χ2v) is 4.17. The van der Waals surface area contributed by atoms with Gasteiger partial charge in [0, 0.05) is 18.0 Å². The van der Waals surface area contributed by atoms with E-state index in [1.807, 2.05) is 7.05 Å². The molecule has 82 valence electrons. The number of H-pyrrole nitrogens is 1. The largest absolute Gasteiger partial charge is 0.317 e. The van der Waals surface area contributed by atoms with Crippen LogP contribution in [0.4, 0.5) is 0 Å². The van der Waals surface area contributed by atoms with Crippen LogP contribution in [0.3, 0.4) is 0 Å². The smallest absolute Gasteiger partial charge is 0.264 e. The average Bonchev–Trinajstić information content (AvgIpc) is 2.26. The van der Waals surface area contributed by atoms with Crippen LogP contribution in [0.15, 0.2) is 10.9 Å². The van der Waals surface area contributed by atoms with Crippen LogP contribution in [0.1, 0.15) is 36.9 Å². The summed E-state index contributed by atoms with van der Waals surface area (Å²) in [4.78, 5) is 11.2. The van der Waals surface area contributed by atoms with E-state index >= 15 is 0 Å². The summed E-state index contributed by atoms with van der Waals surface area (Å²) in [5, 5.41) is 9.99. The molecule has 1 aliphatic rings. The molecule has 0 saturated heterocycles. The third-order valence-corrected chi connectivity index (χ3v) is 3.24. The maximum absolute atomic E-state index is 11.2. The molecule has 0 fully saturated rings. The minimum atomic E-state index is -0.0969. The zero-order valence-corrected chi connectivity index (χ0v) is 9.21. The molecule has 2 N–H and O–H groups in total. The second-order valence-electron chi connectivity index (χ2n) is 4.17. The van der Waals surface area contributed by atoms with Crippen molar-refractivity contribution in [1.82, 2.24) is 15.5 Å². The molecule has 1 aromatic heterocycles. The third kappa shape index (κ3) is 1.95. The Morgan fingerprint density at radius 2 is 2.47 bits per heavy atom. The van der Waals surface area contributed by atoms with E-state index in [9.17, 15) is 4.79 Å². The molecular weight excluding hydrogens is 190 g/mol. The van der Waals surface area contributed by atoms with Crippen molar-refractivity contribution in [2.75, 3.05) is 7.05 Å². The minimum Gasteiger partial charge on any atom is -0.317 e. The molecule has 0 aliphatic heterocycles. The summed E-state index contributed by atoms with van der Waals surface area (Å²) in [6, 6.07) is 2.17. The van der Waals surface area contributed by atoms with Gasteiger partial charge in [0.05, 0.1) is 5.69 Å². The first-order chi connectivity index (χ1) is 7.24. The lowest BCUT2D eigenvalue weighted by molar-refractivity contribution is 0.417. The molecule has 0 amide bonds. The van der Waals surface area contributed by atoms with Crippen LogP contribution in [0.25, 0.3) is 0 Å². The first-order valence-corrected chi connectivity index (χ1v) is 5.50. The summed E-state index contributed by atoms with van der Waals surface area (Å²) in [6.45, 7) is 2.17. The Kier molecular flexibility index (Phi) is 2.86. The van der Waals surface area contributed by atoms with Gasteiger partial charge in [0.15, 0.2) is 0 Å². The molecule has 0 bridgehead atoms. The molecule has 1 aromatic rings. The van der Waals surface area contributed by atoms with E-state index in [0.29, 0.717) is 12.0 Å². The molecule has 4 nitrogen and oxygen atoms in total. The van der Waals surface area contributed by atoms with Crippen molar-refractivity contribution in [1.29, 1.82) is 0 Å². The summed E-state index contributed by atoms with van der Waals surface area (Å²) < 4.78 is 0. The first kappa shape index (κ1) is 10.4. The maximum Gasteiger partial charge on any atom is 0.264 e. The molecule has 4 heteroatoms. The molecule has 2 atom stereocenters. The summed E-state index contributed by atoms with van der Waals surface area (Å²) in [7, 11) is 1.98. The Morgan fingerprint density at radius 1 is 1.67 bits per heavy atom. The Hall–Kier alpha value is -1.16. The van der Waals surface area contributed by atoms with E-state index in [4.69, 9.17) is 0 Å². The highest BCUT2D eigenvalue weighted by Crippen LogP contribution is 2.31. The van der Waals surface area contributed by atoms with E-state index in [2.05, 4.69) is 22.4 Å². The lowest BCUT2D eigenvalue weighted by atomic mass is 9.82. The molecule has 0 saturated carbocycles. The van der Waals surface area contributed by atoms with Gasteiger partial charge in [0.1, 0.15) is 0 Å². The fourth-order valence-corrected chi connectivity index (χ4v) is 2.35. The van der Waals surface area contributed by atoms with Gasteiger partial charge in [-0.2, -0.15) is 5.10 Å². The highest BCUT2D eigenvalue weighted by molar-refractivity contribution is 5.26. The summed E-state index contributed by atoms with van der Waals surface area (Å²) >= 11 is 0. The highest BCUT2D eigenvalue weighted by Gasteiger charge is 2.26. The van der Waals surface area contributed by atoms with Crippen molar-refractivity contribution >= 4 is 0 Å². The monoisotopic (exact) mass is 207 g/mol. The van der Waals surface area contributed by atoms with Crippen molar-refractivity contribution in [2.24, 2.45) is 0 Å². The summed E-state index contributed by atoms with van der Waals surface area (Å²) in [6.07, 6.45) is 3.10. The van der Waals surface area contributed by atoms with E-state index < -0.39 is 0 Å². The number of aromatic nitrogens is 2. The number of aromatic amines is 1. The van der Waals surface area contributed by atoms with Crippen molar-refractivity contribution in [2.45, 2.75) is 38.1 Å². The molecule has 0 radical (unpaired) electrons. The second kappa shape index (κ2) is 4.14. The predicted octanol–water partition coefficient (Wildman–Crippen LogP) is 0.798. The van der Waals surface area contributed by atoms with E-state index in [1.54, 1.807) is 6.07 Å². The average molecular weight is 207 g/mol. The van der Waals surface area contributed by atoms with Gasteiger partial charge >= 0.3 is 0 Å². The summed E-state index contributed by atoms with van der Waals surface area (Å²) in [5.41, 5.74) is 2.10. The fourth-order valence-electron chi connectivity index (χ4n) is 2.35. The first-order valence-electron chi connectivity index (χ1n) is 5.50. The number of nitrogens with one attached hydrogen (secondary N) is 2. The van der Waals surface area contributed by atoms with Gasteiger partial charge in [-0.25, -0.2) is 5.10 Å². The van der Waals surface area contributed by atoms with Crippen molar-refractivity contribution in [3.05, 3.63) is 27.7 Å². The van der Waals surface area contributed by atoms with Crippen LogP contribution >= 0.6 is 0 Å². The molecule has 0 aromatic carbocycles. The van der Waals surface area contributed by atoms with Gasteiger partial charge in [-0.3, -0.25) is 4.79 Å². The maximum atomic E-state index is 11.2. The van der Waals surface area contributed by atoms with Crippen molar-refractivity contribution in [3.63, 3.8) is 0 Å². The number of hydrogen-bond acceptors (Lipinski definition) is 3. The van der Waals surface area contributed by atoms with Gasteiger partial charge in [-0.05, 0) is 31.9 Å². The number of nitrogens with zero attached hydrogens (tertiary/aromatic N) is 1. The molecule has 15 heavy (non-hydrogen) atoms. The number of likely N-dealkylation sites (N-methyl/N-ethyl adjacent to an activating group) is 1. The van der Waals surface area contributed by atoms with Gasteiger partial charge < -0.3 is 5.32 Å². The Balaban J connectivity index is 2.39. The van der Waals surface area contributed by atoms with Crippen molar-refractivity contribution in [3.8, 4) is 0 Å². The molecular formula is C11H17N3O.